The third-order valence-electron chi connectivity index (χ3n) is 7.74. The molecule has 252 valence electrons. The van der Waals surface area contributed by atoms with E-state index in [2.05, 4.69) is 5.32 Å². The zero-order valence-electron chi connectivity index (χ0n) is 26.5. The minimum atomic E-state index is -0.795. The third kappa shape index (κ3) is 9.61. The van der Waals surface area contributed by atoms with Gasteiger partial charge in [-0.25, -0.2) is 4.79 Å². The van der Waals surface area contributed by atoms with Crippen LogP contribution in [-0.2, 0) is 38.1 Å². The second kappa shape index (κ2) is 16.2. The van der Waals surface area contributed by atoms with Crippen LogP contribution in [0.1, 0.15) is 68.8 Å². The van der Waals surface area contributed by atoms with E-state index in [1.54, 1.807) is 57.2 Å². The molecule has 4 rings (SSSR count). The molecule has 3 N–H and O–H groups in total. The summed E-state index contributed by atoms with van der Waals surface area (Å²) in [6.45, 7) is 5.36. The monoisotopic (exact) mass is 644 g/mol. The predicted molar refractivity (Wildman–Crippen MR) is 164 cm³/mol. The second-order valence-corrected chi connectivity index (χ2v) is 12.4. The Labute approximate surface area is 268 Å². The molecule has 13 heteroatoms. The van der Waals surface area contributed by atoms with Gasteiger partial charge in [0.15, 0.2) is 0 Å². The number of ether oxygens (including phenoxy) is 5. The Bertz CT molecular complexity index is 1290. The Balaban J connectivity index is 1.37. The Morgan fingerprint density at radius 3 is 2.59 bits per heavy atom. The fourth-order valence-corrected chi connectivity index (χ4v) is 5.56. The quantitative estimate of drug-likeness (QED) is 0.163. The normalized spacial score (nSPS) is 23.4. The molecule has 0 saturated carbocycles. The minimum Gasteiger partial charge on any atom is -0.499 e. The smallest absolute Gasteiger partial charge is 0.338 e. The molecular weight excluding hydrogens is 600 g/mol. The maximum atomic E-state index is 13.8. The molecule has 2 saturated heterocycles. The summed E-state index contributed by atoms with van der Waals surface area (Å²) in [7, 11) is 0. The minimum absolute atomic E-state index is 0.0126. The summed E-state index contributed by atoms with van der Waals surface area (Å²) >= 11 is 0. The lowest BCUT2D eigenvalue weighted by Crippen LogP contribution is -2.51. The van der Waals surface area contributed by atoms with Gasteiger partial charge in [0.05, 0.1) is 31.1 Å². The number of aliphatic hydroxyl groups is 2. The van der Waals surface area contributed by atoms with E-state index in [4.69, 9.17) is 28.8 Å². The standard InChI is InChI=1S/C33H44N2O11/c1-33(2,3)46-28(38)11-10-24(19-37)34-30(39)25-5-4-13-35(25)31(40)23-17-26-29(44-20-43-26)27(18-23)45-32(41)22-8-6-21(7-9-22)12-15-42-16-14-36/h6-9,12,15,17,24-27,29,36-37H,4-5,10-11,13-14,16,18-20H2,1-3H3,(H,34,39). The van der Waals surface area contributed by atoms with Crippen LogP contribution in [0.3, 0.4) is 0 Å². The number of carbonyl (C=O) groups is 4. The van der Waals surface area contributed by atoms with Crippen molar-refractivity contribution in [2.24, 2.45) is 0 Å². The van der Waals surface area contributed by atoms with Crippen molar-refractivity contribution in [2.45, 2.75) is 88.9 Å². The lowest BCUT2D eigenvalue weighted by molar-refractivity contribution is -0.155. The maximum Gasteiger partial charge on any atom is 0.338 e. The number of fused-ring (bicyclic) bond motifs is 1. The van der Waals surface area contributed by atoms with Gasteiger partial charge in [-0.1, -0.05) is 12.1 Å². The van der Waals surface area contributed by atoms with Gasteiger partial charge in [-0.2, -0.15) is 0 Å². The second-order valence-electron chi connectivity index (χ2n) is 12.4. The predicted octanol–water partition coefficient (Wildman–Crippen LogP) is 1.85. The van der Waals surface area contributed by atoms with Crippen molar-refractivity contribution in [1.82, 2.24) is 10.2 Å². The van der Waals surface area contributed by atoms with Crippen LogP contribution in [0.15, 0.2) is 42.2 Å². The van der Waals surface area contributed by atoms with Gasteiger partial charge in [0.1, 0.15) is 43.4 Å². The topological polar surface area (TPSA) is 170 Å². The van der Waals surface area contributed by atoms with Crippen molar-refractivity contribution in [3.63, 3.8) is 0 Å². The highest BCUT2D eigenvalue weighted by atomic mass is 16.7. The van der Waals surface area contributed by atoms with E-state index in [0.29, 0.717) is 30.5 Å². The number of likely N-dealkylation sites (tertiary alicyclic amines) is 1. The van der Waals surface area contributed by atoms with E-state index in [1.165, 1.54) is 11.2 Å². The first-order chi connectivity index (χ1) is 22.0. The van der Waals surface area contributed by atoms with Crippen molar-refractivity contribution in [2.75, 3.05) is 33.2 Å². The van der Waals surface area contributed by atoms with Gasteiger partial charge in [0.25, 0.3) is 0 Å². The zero-order chi connectivity index (χ0) is 33.3. The number of esters is 2. The van der Waals surface area contributed by atoms with Gasteiger partial charge >= 0.3 is 11.9 Å². The van der Waals surface area contributed by atoms with E-state index in [9.17, 15) is 24.3 Å². The van der Waals surface area contributed by atoms with Crippen LogP contribution in [0.25, 0.3) is 6.08 Å². The molecule has 1 aromatic rings. The molecule has 0 spiro atoms. The van der Waals surface area contributed by atoms with Crippen molar-refractivity contribution in [1.29, 1.82) is 0 Å². The SMILES string of the molecule is CC(C)(C)OC(=O)CCC(CO)NC(=O)C1CCCN1C(=O)C1=CC2OCOC2C(OC(=O)c2ccc(C=COCCO)cc2)C1. The lowest BCUT2D eigenvalue weighted by atomic mass is 9.91. The molecule has 1 aliphatic carbocycles. The van der Waals surface area contributed by atoms with Crippen molar-refractivity contribution in [3.05, 3.63) is 53.3 Å². The molecule has 46 heavy (non-hydrogen) atoms. The largest absolute Gasteiger partial charge is 0.499 e. The molecule has 2 fully saturated rings. The Kier molecular flexibility index (Phi) is 12.3. The number of nitrogens with zero attached hydrogens (tertiary/aromatic N) is 1. The molecule has 2 heterocycles. The number of nitrogens with one attached hydrogen (secondary N) is 1. The summed E-state index contributed by atoms with van der Waals surface area (Å²) in [5.74, 6) is -1.78. The van der Waals surface area contributed by atoms with Crippen LogP contribution in [0.4, 0.5) is 0 Å². The van der Waals surface area contributed by atoms with E-state index in [-0.39, 0.29) is 51.8 Å². The number of amides is 2. The molecular formula is C33H44N2O11. The average Bonchev–Trinajstić information content (AvgIpc) is 3.71. The molecule has 2 amide bonds. The molecule has 2 aliphatic heterocycles. The van der Waals surface area contributed by atoms with Crippen LogP contribution in [-0.4, -0.2) is 108 Å². The molecule has 0 aromatic heterocycles. The molecule has 1 aromatic carbocycles. The highest BCUT2D eigenvalue weighted by molar-refractivity contribution is 5.98. The number of hydrogen-bond acceptors (Lipinski definition) is 11. The van der Waals surface area contributed by atoms with E-state index in [1.807, 2.05) is 0 Å². The summed E-state index contributed by atoms with van der Waals surface area (Å²) in [5, 5.41) is 21.4. The highest BCUT2D eigenvalue weighted by Gasteiger charge is 2.45. The first kappa shape index (κ1) is 35.1. The van der Waals surface area contributed by atoms with Crippen LogP contribution >= 0.6 is 0 Å². The van der Waals surface area contributed by atoms with Gasteiger partial charge in [-0.3, -0.25) is 14.4 Å². The first-order valence-electron chi connectivity index (χ1n) is 15.6. The number of benzene rings is 1. The van der Waals surface area contributed by atoms with Crippen molar-refractivity contribution < 1.29 is 53.1 Å². The third-order valence-corrected chi connectivity index (χ3v) is 7.74. The molecule has 13 nitrogen and oxygen atoms in total. The van der Waals surface area contributed by atoms with E-state index < -0.39 is 53.8 Å². The van der Waals surface area contributed by atoms with E-state index >= 15 is 0 Å². The number of hydrogen-bond donors (Lipinski definition) is 3. The van der Waals surface area contributed by atoms with Crippen molar-refractivity contribution >= 4 is 29.8 Å². The Morgan fingerprint density at radius 2 is 1.89 bits per heavy atom. The van der Waals surface area contributed by atoms with Gasteiger partial charge < -0.3 is 44.1 Å². The Morgan fingerprint density at radius 1 is 1.13 bits per heavy atom. The number of rotatable bonds is 13. The summed E-state index contributed by atoms with van der Waals surface area (Å²) in [6.07, 6.45) is 4.20. The molecule has 0 radical (unpaired) electrons. The van der Waals surface area contributed by atoms with Gasteiger partial charge in [-0.05, 0) is 69.9 Å². The average molecular weight is 645 g/mol. The number of carbonyl (C=O) groups excluding carboxylic acids is 4. The summed E-state index contributed by atoms with van der Waals surface area (Å²) < 4.78 is 27.6. The van der Waals surface area contributed by atoms with Gasteiger partial charge in [-0.15, -0.1) is 0 Å². The number of aliphatic hydroxyl groups excluding tert-OH is 2. The van der Waals surface area contributed by atoms with Crippen LogP contribution in [0.5, 0.6) is 0 Å². The summed E-state index contributed by atoms with van der Waals surface area (Å²) in [6, 6.07) is 5.24. The van der Waals surface area contributed by atoms with Crippen LogP contribution < -0.4 is 5.32 Å². The fourth-order valence-electron chi connectivity index (χ4n) is 5.56. The lowest BCUT2D eigenvalue weighted by Gasteiger charge is -2.33. The molecule has 3 aliphatic rings. The molecule has 0 bridgehead atoms. The van der Waals surface area contributed by atoms with Crippen LogP contribution in [0.2, 0.25) is 0 Å². The summed E-state index contributed by atoms with van der Waals surface area (Å²) in [4.78, 5) is 53.7. The summed E-state index contributed by atoms with van der Waals surface area (Å²) in [5.41, 5.74) is 0.818. The van der Waals surface area contributed by atoms with Crippen LogP contribution in [0, 0.1) is 0 Å². The Hall–Kier alpha value is -3.78. The highest BCUT2D eigenvalue weighted by Crippen LogP contribution is 2.33. The van der Waals surface area contributed by atoms with E-state index in [0.717, 1.165) is 5.56 Å². The van der Waals surface area contributed by atoms with Crippen molar-refractivity contribution in [3.8, 4) is 0 Å². The van der Waals surface area contributed by atoms with Gasteiger partial charge in [0, 0.05) is 25.0 Å². The molecule has 5 unspecified atom stereocenters. The zero-order valence-corrected chi connectivity index (χ0v) is 26.5. The molecule has 5 atom stereocenters. The van der Waals surface area contributed by atoms with Gasteiger partial charge in [0.2, 0.25) is 11.8 Å². The maximum absolute atomic E-state index is 13.8. The fraction of sp³-hybridized carbons (Fsp3) is 0.576. The first-order valence-corrected chi connectivity index (χ1v) is 15.6.